The van der Waals surface area contributed by atoms with Gasteiger partial charge in [-0.05, 0) is 6.92 Å². The van der Waals surface area contributed by atoms with E-state index in [0.717, 1.165) is 10.9 Å². The average molecular weight is 282 g/mol. The number of aromatic nitrogens is 3. The van der Waals surface area contributed by atoms with E-state index in [9.17, 15) is 19.8 Å². The van der Waals surface area contributed by atoms with Crippen LogP contribution in [0.4, 0.5) is 0 Å². The third-order valence-electron chi connectivity index (χ3n) is 3.18. The molecule has 108 valence electrons. The van der Waals surface area contributed by atoms with E-state index in [1.807, 2.05) is 4.98 Å². The molecule has 5 N–H and O–H groups in total. The summed E-state index contributed by atoms with van der Waals surface area (Å²) in [6, 6.07) is 0. The first-order valence-corrected chi connectivity index (χ1v) is 5.77. The molecule has 0 aromatic carbocycles. The average Bonchev–Trinajstić information content (AvgIpc) is 2.64. The van der Waals surface area contributed by atoms with Gasteiger partial charge in [-0.3, -0.25) is 9.78 Å². The van der Waals surface area contributed by atoms with Crippen molar-refractivity contribution in [3.63, 3.8) is 0 Å². The van der Waals surface area contributed by atoms with Crippen LogP contribution in [0.1, 0.15) is 13.2 Å². The topological polar surface area (TPSA) is 143 Å². The van der Waals surface area contributed by atoms with E-state index in [0.29, 0.717) is 0 Å². The zero-order valence-corrected chi connectivity index (χ0v) is 10.6. The van der Waals surface area contributed by atoms with Gasteiger partial charge >= 0.3 is 5.69 Å². The maximum Gasteiger partial charge on any atom is 0.347 e. The molecule has 0 bridgehead atoms. The molecule has 0 radical (unpaired) electrons. The number of terminal acetylenes is 1. The normalized spacial score (nSPS) is 34.6. The smallest absolute Gasteiger partial charge is 0.347 e. The van der Waals surface area contributed by atoms with Crippen LogP contribution >= 0.6 is 0 Å². The molecule has 20 heavy (non-hydrogen) atoms. The van der Waals surface area contributed by atoms with Crippen LogP contribution in [0.2, 0.25) is 0 Å². The number of hydrogen-bond donors (Lipinski definition) is 4. The summed E-state index contributed by atoms with van der Waals surface area (Å²) < 4.78 is 6.09. The van der Waals surface area contributed by atoms with E-state index in [1.54, 1.807) is 0 Å². The molecule has 2 rings (SSSR count). The fraction of sp³-hybridized carbons (Fsp3) is 0.545. The Balaban J connectivity index is 2.53. The number of H-pyrrole nitrogens is 1. The molecule has 9 heteroatoms. The van der Waals surface area contributed by atoms with E-state index >= 15 is 0 Å². The van der Waals surface area contributed by atoms with Crippen LogP contribution in [0.3, 0.4) is 0 Å². The highest BCUT2D eigenvalue weighted by molar-refractivity contribution is 5.22. The minimum Gasteiger partial charge on any atom is -0.391 e. The van der Waals surface area contributed by atoms with E-state index < -0.39 is 41.3 Å². The Morgan fingerprint density at radius 2 is 2.35 bits per heavy atom. The Morgan fingerprint density at radius 3 is 2.85 bits per heavy atom. The zero-order valence-electron chi connectivity index (χ0n) is 10.6. The van der Waals surface area contributed by atoms with Gasteiger partial charge in [0.1, 0.15) is 18.4 Å². The summed E-state index contributed by atoms with van der Waals surface area (Å²) in [5.74, 6) is 2.17. The van der Waals surface area contributed by atoms with E-state index in [1.165, 1.54) is 6.92 Å². The molecular formula is C11H14N4O5. The van der Waals surface area contributed by atoms with Gasteiger partial charge in [-0.2, -0.15) is 9.78 Å². The number of nitrogens with zero attached hydrogens (tertiary/aromatic N) is 2. The number of rotatable bonds is 2. The minimum absolute atomic E-state index is 0.694. The number of nitrogens with two attached hydrogens (primary N) is 1. The summed E-state index contributed by atoms with van der Waals surface area (Å²) in [7, 11) is 0. The molecule has 1 aliphatic heterocycles. The van der Waals surface area contributed by atoms with Crippen molar-refractivity contribution < 1.29 is 14.9 Å². The number of aliphatic hydroxyl groups excluding tert-OH is 2. The Hall–Kier alpha value is -1.99. The van der Waals surface area contributed by atoms with Crippen LogP contribution in [0.5, 0.6) is 0 Å². The van der Waals surface area contributed by atoms with Gasteiger partial charge in [0.25, 0.3) is 5.56 Å². The van der Waals surface area contributed by atoms with Crippen LogP contribution in [0, 0.1) is 12.3 Å². The van der Waals surface area contributed by atoms with Gasteiger partial charge in [0.2, 0.25) is 0 Å². The molecule has 2 heterocycles. The zero-order chi connectivity index (χ0) is 15.1. The van der Waals surface area contributed by atoms with Gasteiger partial charge in [-0.25, -0.2) is 4.79 Å². The van der Waals surface area contributed by atoms with Crippen molar-refractivity contribution in [2.24, 2.45) is 5.73 Å². The van der Waals surface area contributed by atoms with Crippen molar-refractivity contribution in [3.8, 4) is 12.3 Å². The molecule has 1 aliphatic rings. The summed E-state index contributed by atoms with van der Waals surface area (Å²) in [6.45, 7) is 1.39. The fourth-order valence-electron chi connectivity index (χ4n) is 2.08. The first kappa shape index (κ1) is 14.4. The molecule has 5 atom stereocenters. The second-order valence-electron chi connectivity index (χ2n) is 4.60. The molecule has 1 aromatic heterocycles. The molecule has 0 aliphatic carbocycles. The standard InChI is InChI=1S/C11H14N4O5/c1-3-11(12)8(18)7(5(2)16)20-9(11)15-10(19)14-6(17)4-13-15/h1,4-5,7-9,16,18H,12H2,2H3,(H,14,17,19)/t5-,7+,8?,9+,11+/m0/s1. The van der Waals surface area contributed by atoms with Gasteiger partial charge in [0.05, 0.1) is 6.10 Å². The van der Waals surface area contributed by atoms with E-state index in [4.69, 9.17) is 16.9 Å². The summed E-state index contributed by atoms with van der Waals surface area (Å²) in [4.78, 5) is 24.7. The van der Waals surface area contributed by atoms with Crippen LogP contribution in [0.15, 0.2) is 15.8 Å². The van der Waals surface area contributed by atoms with Gasteiger partial charge < -0.3 is 20.7 Å². The Bertz CT molecular complexity index is 660. The Kier molecular flexibility index (Phi) is 3.49. The molecule has 0 saturated carbocycles. The Morgan fingerprint density at radius 1 is 1.70 bits per heavy atom. The quantitative estimate of drug-likeness (QED) is 0.421. The van der Waals surface area contributed by atoms with Crippen molar-refractivity contribution in [2.75, 3.05) is 0 Å². The highest BCUT2D eigenvalue weighted by Gasteiger charge is 2.56. The molecule has 9 nitrogen and oxygen atoms in total. The molecule has 1 unspecified atom stereocenters. The first-order valence-electron chi connectivity index (χ1n) is 5.77. The molecule has 1 fully saturated rings. The van der Waals surface area contributed by atoms with Gasteiger partial charge in [0, 0.05) is 0 Å². The summed E-state index contributed by atoms with van der Waals surface area (Å²) >= 11 is 0. The second kappa shape index (κ2) is 4.84. The molecule has 1 aromatic rings. The lowest BCUT2D eigenvalue weighted by Gasteiger charge is -2.26. The third kappa shape index (κ3) is 2.04. The third-order valence-corrected chi connectivity index (χ3v) is 3.18. The SMILES string of the molecule is C#C[C@@]1(N)C(O)[C@@H]([C@H](C)O)O[C@H]1n1ncc(=O)[nH]c1=O. The number of aliphatic hydroxyl groups is 2. The van der Waals surface area contributed by atoms with Crippen molar-refractivity contribution in [3.05, 3.63) is 27.0 Å². The predicted molar refractivity (Wildman–Crippen MR) is 66.5 cm³/mol. The van der Waals surface area contributed by atoms with Crippen molar-refractivity contribution >= 4 is 0 Å². The van der Waals surface area contributed by atoms with Crippen LogP contribution in [-0.4, -0.2) is 48.8 Å². The number of hydrogen-bond acceptors (Lipinski definition) is 7. The summed E-state index contributed by atoms with van der Waals surface area (Å²) in [6.07, 6.45) is 1.30. The van der Waals surface area contributed by atoms with Gasteiger partial charge in [-0.1, -0.05) is 5.92 Å². The molecule has 0 amide bonds. The van der Waals surface area contributed by atoms with Crippen LogP contribution in [-0.2, 0) is 4.74 Å². The fourth-order valence-corrected chi connectivity index (χ4v) is 2.08. The van der Waals surface area contributed by atoms with Crippen LogP contribution < -0.4 is 17.0 Å². The van der Waals surface area contributed by atoms with Crippen molar-refractivity contribution in [1.82, 2.24) is 14.8 Å². The molecule has 1 saturated heterocycles. The van der Waals surface area contributed by atoms with Gasteiger partial charge in [0.15, 0.2) is 11.8 Å². The highest BCUT2D eigenvalue weighted by Crippen LogP contribution is 2.36. The summed E-state index contributed by atoms with van der Waals surface area (Å²) in [5, 5.41) is 23.2. The van der Waals surface area contributed by atoms with E-state index in [-0.39, 0.29) is 0 Å². The molecular weight excluding hydrogens is 268 g/mol. The van der Waals surface area contributed by atoms with Crippen molar-refractivity contribution in [1.29, 1.82) is 0 Å². The van der Waals surface area contributed by atoms with Crippen LogP contribution in [0.25, 0.3) is 0 Å². The Labute approximate surface area is 113 Å². The maximum atomic E-state index is 11.7. The lowest BCUT2D eigenvalue weighted by Crippen LogP contribution is -2.56. The number of aromatic amines is 1. The summed E-state index contributed by atoms with van der Waals surface area (Å²) in [5.41, 5.74) is 2.55. The molecule has 0 spiro atoms. The van der Waals surface area contributed by atoms with Gasteiger partial charge in [-0.15, -0.1) is 6.42 Å². The lowest BCUT2D eigenvalue weighted by atomic mass is 9.90. The maximum absolute atomic E-state index is 11.7. The predicted octanol–water partition coefficient (Wildman–Crippen LogP) is -3.10. The monoisotopic (exact) mass is 282 g/mol. The number of nitrogens with one attached hydrogen (secondary N) is 1. The minimum atomic E-state index is -1.77. The lowest BCUT2D eigenvalue weighted by molar-refractivity contribution is -0.0817. The highest BCUT2D eigenvalue weighted by atomic mass is 16.6. The second-order valence-corrected chi connectivity index (χ2v) is 4.60. The first-order chi connectivity index (χ1) is 9.31. The number of ether oxygens (including phenoxy) is 1. The largest absolute Gasteiger partial charge is 0.391 e. The van der Waals surface area contributed by atoms with Crippen molar-refractivity contribution in [2.45, 2.75) is 37.0 Å². The van der Waals surface area contributed by atoms with E-state index in [2.05, 4.69) is 11.0 Å².